The van der Waals surface area contributed by atoms with Crippen LogP contribution in [0.4, 0.5) is 13.2 Å². The minimum absolute atomic E-state index is 0.180. The van der Waals surface area contributed by atoms with Gasteiger partial charge in [0.2, 0.25) is 0 Å². The highest BCUT2D eigenvalue weighted by atomic mass is 19.4. The monoisotopic (exact) mass is 306 g/mol. The summed E-state index contributed by atoms with van der Waals surface area (Å²) in [4.78, 5) is 14.5. The number of nitrogens with zero attached hydrogens (tertiary/aromatic N) is 1. The van der Waals surface area contributed by atoms with Crippen molar-refractivity contribution in [2.45, 2.75) is 37.5 Å². The first-order valence-electron chi connectivity index (χ1n) is 7.08. The Morgan fingerprint density at radius 3 is 2.29 bits per heavy atom. The molecule has 5 nitrogen and oxygen atoms in total. The van der Waals surface area contributed by atoms with Crippen molar-refractivity contribution in [2.75, 3.05) is 13.1 Å². The Morgan fingerprint density at radius 2 is 1.90 bits per heavy atom. The van der Waals surface area contributed by atoms with E-state index in [0.29, 0.717) is 0 Å². The number of carboxylic acid groups (broad SMARTS) is 1. The molecular weight excluding hydrogens is 289 g/mol. The van der Waals surface area contributed by atoms with Crippen molar-refractivity contribution in [3.8, 4) is 0 Å². The molecule has 0 aromatic rings. The Kier molecular flexibility index (Phi) is 3.38. The molecule has 21 heavy (non-hydrogen) atoms. The van der Waals surface area contributed by atoms with Crippen molar-refractivity contribution < 1.29 is 27.9 Å². The summed E-state index contributed by atoms with van der Waals surface area (Å²) in [5, 5.41) is 14.9. The molecule has 3 atom stereocenters. The van der Waals surface area contributed by atoms with E-state index in [0.717, 1.165) is 24.2 Å². The van der Waals surface area contributed by atoms with Crippen LogP contribution in [0.5, 0.6) is 0 Å². The lowest BCUT2D eigenvalue weighted by Gasteiger charge is -2.34. The second-order valence-electron chi connectivity index (χ2n) is 6.20. The van der Waals surface area contributed by atoms with E-state index in [1.54, 1.807) is 0 Å². The average molecular weight is 306 g/mol. The lowest BCUT2D eigenvalue weighted by atomic mass is 9.76. The minimum Gasteiger partial charge on any atom is -0.475 e. The molecule has 2 heterocycles. The van der Waals surface area contributed by atoms with Crippen LogP contribution in [0.3, 0.4) is 0 Å². The summed E-state index contributed by atoms with van der Waals surface area (Å²) in [6.07, 6.45) is -0.132. The fraction of sp³-hybridized carbons (Fsp3) is 0.846. The smallest absolute Gasteiger partial charge is 0.475 e. The van der Waals surface area contributed by atoms with Gasteiger partial charge in [0.05, 0.1) is 5.71 Å². The number of piperidine rings is 1. The van der Waals surface area contributed by atoms with Crippen LogP contribution in [0.2, 0.25) is 0 Å². The van der Waals surface area contributed by atoms with Crippen molar-refractivity contribution in [2.24, 2.45) is 22.9 Å². The van der Waals surface area contributed by atoms with E-state index in [1.807, 2.05) is 0 Å². The molecule has 4 rings (SSSR count). The molecule has 118 valence electrons. The normalized spacial score (nSPS) is 35.0. The summed E-state index contributed by atoms with van der Waals surface area (Å²) >= 11 is 0. The fourth-order valence-corrected chi connectivity index (χ4v) is 3.48. The van der Waals surface area contributed by atoms with Gasteiger partial charge in [-0.15, -0.1) is 0 Å². The maximum atomic E-state index is 10.6. The Bertz CT molecular complexity index is 464. The van der Waals surface area contributed by atoms with E-state index in [-0.39, 0.29) is 5.60 Å². The molecule has 2 aliphatic carbocycles. The number of aliphatic carboxylic acids is 1. The number of hydrogen-bond donors (Lipinski definition) is 2. The van der Waals surface area contributed by atoms with Crippen molar-refractivity contribution in [1.29, 1.82) is 0 Å². The molecule has 0 bridgehead atoms. The van der Waals surface area contributed by atoms with E-state index in [2.05, 4.69) is 10.5 Å². The summed E-state index contributed by atoms with van der Waals surface area (Å²) < 4.78 is 31.7. The fourth-order valence-electron chi connectivity index (χ4n) is 3.48. The Hall–Kier alpha value is -1.31. The zero-order chi connectivity index (χ0) is 15.3. The van der Waals surface area contributed by atoms with Crippen LogP contribution in [-0.2, 0) is 9.63 Å². The topological polar surface area (TPSA) is 70.9 Å². The maximum absolute atomic E-state index is 10.6. The molecule has 3 fully saturated rings. The quantitative estimate of drug-likeness (QED) is 0.775. The van der Waals surface area contributed by atoms with Crippen LogP contribution in [0.15, 0.2) is 5.16 Å². The SMILES string of the molecule is C1CC2(C1)CC(C1[C@H]3CNC[C@@H]13)=NO2.O=C(O)C(F)(F)F. The van der Waals surface area contributed by atoms with Crippen LogP contribution in [0.1, 0.15) is 25.7 Å². The molecular formula is C13H17F3N2O3. The van der Waals surface area contributed by atoms with Gasteiger partial charge in [-0.2, -0.15) is 13.2 Å². The Morgan fingerprint density at radius 1 is 1.33 bits per heavy atom. The summed E-state index contributed by atoms with van der Waals surface area (Å²) in [5.74, 6) is -0.177. The first kappa shape index (κ1) is 14.6. The van der Waals surface area contributed by atoms with Gasteiger partial charge in [0.25, 0.3) is 0 Å². The van der Waals surface area contributed by atoms with E-state index >= 15 is 0 Å². The number of oxime groups is 1. The molecule has 0 aromatic heterocycles. The maximum Gasteiger partial charge on any atom is 0.490 e. The number of nitrogens with one attached hydrogen (secondary N) is 1. The molecule has 1 unspecified atom stereocenters. The van der Waals surface area contributed by atoms with Crippen molar-refractivity contribution >= 4 is 11.7 Å². The predicted octanol–water partition coefficient (Wildman–Crippen LogP) is 1.78. The molecule has 4 aliphatic rings. The van der Waals surface area contributed by atoms with Crippen LogP contribution in [0.25, 0.3) is 0 Å². The number of halogens is 3. The van der Waals surface area contributed by atoms with E-state index in [1.165, 1.54) is 38.1 Å². The first-order valence-corrected chi connectivity index (χ1v) is 7.08. The zero-order valence-electron chi connectivity index (χ0n) is 11.3. The molecule has 1 saturated heterocycles. The van der Waals surface area contributed by atoms with Gasteiger partial charge in [0.1, 0.15) is 5.60 Å². The molecule has 2 saturated carbocycles. The van der Waals surface area contributed by atoms with Gasteiger partial charge in [-0.3, -0.25) is 0 Å². The number of carbonyl (C=O) groups is 1. The second-order valence-corrected chi connectivity index (χ2v) is 6.20. The summed E-state index contributed by atoms with van der Waals surface area (Å²) in [6, 6.07) is 0. The van der Waals surface area contributed by atoms with Gasteiger partial charge in [0.15, 0.2) is 0 Å². The van der Waals surface area contributed by atoms with Gasteiger partial charge in [-0.05, 0) is 44.2 Å². The largest absolute Gasteiger partial charge is 0.490 e. The zero-order valence-corrected chi connectivity index (χ0v) is 11.3. The Balaban J connectivity index is 0.000000164. The number of alkyl halides is 3. The van der Waals surface area contributed by atoms with Gasteiger partial charge >= 0.3 is 12.1 Å². The van der Waals surface area contributed by atoms with Gasteiger partial charge < -0.3 is 15.3 Å². The van der Waals surface area contributed by atoms with Crippen LogP contribution in [-0.4, -0.2) is 41.7 Å². The molecule has 1 spiro atoms. The molecule has 0 aromatic carbocycles. The van der Waals surface area contributed by atoms with E-state index < -0.39 is 12.1 Å². The predicted molar refractivity (Wildman–Crippen MR) is 66.7 cm³/mol. The minimum atomic E-state index is -5.08. The molecule has 2 aliphatic heterocycles. The number of rotatable bonds is 1. The molecule has 8 heteroatoms. The lowest BCUT2D eigenvalue weighted by Crippen LogP contribution is -2.37. The first-order chi connectivity index (χ1) is 9.82. The van der Waals surface area contributed by atoms with Crippen LogP contribution in [0, 0.1) is 17.8 Å². The summed E-state index contributed by atoms with van der Waals surface area (Å²) in [5.41, 5.74) is 1.57. The molecule has 0 radical (unpaired) electrons. The highest BCUT2D eigenvalue weighted by molar-refractivity contribution is 5.91. The third-order valence-electron chi connectivity index (χ3n) is 4.84. The van der Waals surface area contributed by atoms with Gasteiger partial charge in [0, 0.05) is 12.3 Å². The third-order valence-corrected chi connectivity index (χ3v) is 4.84. The Labute approximate surface area is 119 Å². The highest BCUT2D eigenvalue weighted by Gasteiger charge is 2.58. The van der Waals surface area contributed by atoms with Crippen LogP contribution >= 0.6 is 0 Å². The van der Waals surface area contributed by atoms with Crippen LogP contribution < -0.4 is 5.32 Å². The van der Waals surface area contributed by atoms with Crippen molar-refractivity contribution in [1.82, 2.24) is 5.32 Å². The van der Waals surface area contributed by atoms with E-state index in [9.17, 15) is 13.2 Å². The van der Waals surface area contributed by atoms with Gasteiger partial charge in [-0.1, -0.05) is 5.16 Å². The molecule has 0 amide bonds. The highest BCUT2D eigenvalue weighted by Crippen LogP contribution is 2.54. The molecule has 2 N–H and O–H groups in total. The standard InChI is InChI=1S/C11H16N2O.C2HF3O2/c1-2-11(3-1)4-9(13-14-11)10-7-5-12-6-8(7)10;3-2(4,5)1(6)7/h7-8,10,12H,1-6H2;(H,6,7)/t7-,8+,10?;. The lowest BCUT2D eigenvalue weighted by molar-refractivity contribution is -0.192. The van der Waals surface area contributed by atoms with E-state index in [4.69, 9.17) is 14.7 Å². The number of carboxylic acids is 1. The average Bonchev–Trinajstić information content (AvgIpc) is 2.81. The second kappa shape index (κ2) is 4.86. The van der Waals surface area contributed by atoms with Crippen molar-refractivity contribution in [3.05, 3.63) is 0 Å². The summed E-state index contributed by atoms with van der Waals surface area (Å²) in [7, 11) is 0. The van der Waals surface area contributed by atoms with Gasteiger partial charge in [-0.25, -0.2) is 4.79 Å². The number of fused-ring (bicyclic) bond motifs is 1. The third kappa shape index (κ3) is 2.73. The summed E-state index contributed by atoms with van der Waals surface area (Å²) in [6.45, 7) is 2.42. The number of hydrogen-bond acceptors (Lipinski definition) is 4. The van der Waals surface area contributed by atoms with Crippen molar-refractivity contribution in [3.63, 3.8) is 0 Å².